The maximum absolute atomic E-state index is 13.8. The van der Waals surface area contributed by atoms with Crippen LogP contribution in [0.3, 0.4) is 0 Å². The first-order chi connectivity index (χ1) is 17.4. The van der Waals surface area contributed by atoms with Crippen LogP contribution in [-0.2, 0) is 7.05 Å². The highest BCUT2D eigenvalue weighted by Crippen LogP contribution is 2.20. The number of amides is 1. The van der Waals surface area contributed by atoms with E-state index in [1.165, 1.54) is 12.4 Å². The van der Waals surface area contributed by atoms with E-state index in [0.29, 0.717) is 22.6 Å². The van der Waals surface area contributed by atoms with Gasteiger partial charge in [-0.2, -0.15) is 5.10 Å². The van der Waals surface area contributed by atoms with Crippen molar-refractivity contribution in [3.63, 3.8) is 0 Å². The summed E-state index contributed by atoms with van der Waals surface area (Å²) in [5.41, 5.74) is 8.70. The minimum absolute atomic E-state index is 0.0229. The summed E-state index contributed by atoms with van der Waals surface area (Å²) < 4.78 is 4.78. The number of nitrogens with zero attached hydrogens (tertiary/aromatic N) is 6. The predicted molar refractivity (Wildman–Crippen MR) is 135 cm³/mol. The molecule has 1 amide bonds. The molecule has 0 aliphatic rings. The van der Waals surface area contributed by atoms with Gasteiger partial charge in [0.15, 0.2) is 11.5 Å². The van der Waals surface area contributed by atoms with Crippen molar-refractivity contribution in [3.05, 3.63) is 106 Å². The van der Waals surface area contributed by atoms with Crippen molar-refractivity contribution >= 4 is 17.2 Å². The van der Waals surface area contributed by atoms with Crippen molar-refractivity contribution in [3.8, 4) is 17.5 Å². The van der Waals surface area contributed by atoms with Gasteiger partial charge in [-0.1, -0.05) is 24.1 Å². The fourth-order valence-electron chi connectivity index (χ4n) is 3.94. The molecule has 1 unspecified atom stereocenters. The van der Waals surface area contributed by atoms with Crippen LogP contribution in [0.2, 0.25) is 0 Å². The standard InChI is InChI=1S/C26H22N8O2/c1-17(31-25(35)23-24(27)29-13-12-28-23)22-14-21-11-10-20(9-8-18-15-30-32(2)16-18)33(21)26(36)34(22)19-6-4-3-5-7-19/h3-7,10-17H,1-2H3,(H2,27,29)(H,31,35). The first-order valence-corrected chi connectivity index (χ1v) is 11.1. The SMILES string of the molecule is CC(NC(=O)c1nccnc1N)c1cc2ccc(C#Cc3cnn(C)c3)n2c(=O)n1-c1ccccc1. The number of fused-ring (bicyclic) bond motifs is 1. The number of benzene rings is 1. The van der Waals surface area contributed by atoms with E-state index in [-0.39, 0.29) is 17.2 Å². The number of carbonyl (C=O) groups is 1. The van der Waals surface area contributed by atoms with Crippen LogP contribution in [0.15, 0.2) is 78.1 Å². The van der Waals surface area contributed by atoms with Gasteiger partial charge in [-0.05, 0) is 43.2 Å². The molecule has 5 aromatic rings. The quantitative estimate of drug-likeness (QED) is 0.381. The fraction of sp³-hybridized carbons (Fsp3) is 0.115. The van der Waals surface area contributed by atoms with Crippen molar-refractivity contribution in [2.45, 2.75) is 13.0 Å². The first-order valence-electron chi connectivity index (χ1n) is 11.1. The molecule has 0 bridgehead atoms. The molecule has 0 aliphatic carbocycles. The second-order valence-corrected chi connectivity index (χ2v) is 8.14. The number of hydrogen-bond donors (Lipinski definition) is 2. The molecule has 0 radical (unpaired) electrons. The summed E-state index contributed by atoms with van der Waals surface area (Å²) in [7, 11) is 1.82. The first kappa shape index (κ1) is 22.6. The van der Waals surface area contributed by atoms with Gasteiger partial charge in [-0.3, -0.25) is 18.4 Å². The van der Waals surface area contributed by atoms with Gasteiger partial charge in [0.1, 0.15) is 5.69 Å². The molecule has 178 valence electrons. The second kappa shape index (κ2) is 9.23. The highest BCUT2D eigenvalue weighted by Gasteiger charge is 2.21. The summed E-state index contributed by atoms with van der Waals surface area (Å²) in [6.07, 6.45) is 6.28. The number of aryl methyl sites for hydroxylation is 1. The van der Waals surface area contributed by atoms with Crippen LogP contribution < -0.4 is 16.7 Å². The van der Waals surface area contributed by atoms with E-state index in [4.69, 9.17) is 5.73 Å². The average molecular weight is 479 g/mol. The Morgan fingerprint density at radius 2 is 1.86 bits per heavy atom. The lowest BCUT2D eigenvalue weighted by Crippen LogP contribution is -2.35. The second-order valence-electron chi connectivity index (χ2n) is 8.14. The Labute approximate surface area is 206 Å². The van der Waals surface area contributed by atoms with Crippen LogP contribution >= 0.6 is 0 Å². The van der Waals surface area contributed by atoms with E-state index in [2.05, 4.69) is 32.2 Å². The molecule has 36 heavy (non-hydrogen) atoms. The van der Waals surface area contributed by atoms with Crippen LogP contribution in [0.4, 0.5) is 5.82 Å². The third-order valence-corrected chi connectivity index (χ3v) is 5.63. The normalized spacial score (nSPS) is 11.6. The summed E-state index contributed by atoms with van der Waals surface area (Å²) >= 11 is 0. The number of carbonyl (C=O) groups excluding carboxylic acids is 1. The average Bonchev–Trinajstić information content (AvgIpc) is 3.49. The van der Waals surface area contributed by atoms with Crippen molar-refractivity contribution < 1.29 is 4.79 Å². The molecule has 0 fully saturated rings. The van der Waals surface area contributed by atoms with E-state index in [0.717, 1.165) is 5.56 Å². The van der Waals surface area contributed by atoms with Gasteiger partial charge in [0.2, 0.25) is 0 Å². The Morgan fingerprint density at radius 1 is 1.08 bits per heavy atom. The Kier molecular flexibility index (Phi) is 5.80. The van der Waals surface area contributed by atoms with Gasteiger partial charge < -0.3 is 11.1 Å². The highest BCUT2D eigenvalue weighted by molar-refractivity contribution is 5.96. The van der Waals surface area contributed by atoms with Gasteiger partial charge in [0.05, 0.1) is 34.7 Å². The van der Waals surface area contributed by atoms with Crippen LogP contribution in [-0.4, -0.2) is 34.6 Å². The lowest BCUT2D eigenvalue weighted by atomic mass is 10.1. The van der Waals surface area contributed by atoms with E-state index >= 15 is 0 Å². The number of hydrogen-bond acceptors (Lipinski definition) is 6. The topological polar surface area (TPSA) is 125 Å². The van der Waals surface area contributed by atoms with Crippen LogP contribution in [0.25, 0.3) is 11.2 Å². The molecular formula is C26H22N8O2. The van der Waals surface area contributed by atoms with Crippen LogP contribution in [0.5, 0.6) is 0 Å². The van der Waals surface area contributed by atoms with Crippen molar-refractivity contribution in [2.24, 2.45) is 7.05 Å². The molecule has 10 heteroatoms. The molecule has 4 heterocycles. The van der Waals surface area contributed by atoms with E-state index in [1.54, 1.807) is 39.0 Å². The lowest BCUT2D eigenvalue weighted by Gasteiger charge is -2.20. The molecule has 4 aromatic heterocycles. The smallest absolute Gasteiger partial charge is 0.338 e. The number of anilines is 1. The maximum Gasteiger partial charge on any atom is 0.338 e. The van der Waals surface area contributed by atoms with Gasteiger partial charge in [-0.15, -0.1) is 0 Å². The molecule has 10 nitrogen and oxygen atoms in total. The van der Waals surface area contributed by atoms with Crippen molar-refractivity contribution in [1.29, 1.82) is 0 Å². The number of rotatable bonds is 4. The molecule has 0 aliphatic heterocycles. The number of nitrogen functional groups attached to an aromatic ring is 1. The Hall–Kier alpha value is -5.17. The molecule has 0 spiro atoms. The van der Waals surface area contributed by atoms with Gasteiger partial charge in [-0.25, -0.2) is 14.8 Å². The minimum atomic E-state index is -0.559. The summed E-state index contributed by atoms with van der Waals surface area (Å²) in [6, 6.07) is 14.1. The molecule has 3 N–H and O–H groups in total. The van der Waals surface area contributed by atoms with E-state index < -0.39 is 11.9 Å². The number of aromatic nitrogens is 6. The zero-order valence-electron chi connectivity index (χ0n) is 19.6. The molecule has 1 atom stereocenters. The Balaban J connectivity index is 1.62. The zero-order valence-corrected chi connectivity index (χ0v) is 19.6. The summed E-state index contributed by atoms with van der Waals surface area (Å²) in [4.78, 5) is 34.7. The molecule has 0 saturated carbocycles. The van der Waals surface area contributed by atoms with Gasteiger partial charge in [0, 0.05) is 25.6 Å². The molecule has 1 aromatic carbocycles. The maximum atomic E-state index is 13.8. The molecular weight excluding hydrogens is 456 g/mol. The largest absolute Gasteiger partial charge is 0.382 e. The van der Waals surface area contributed by atoms with Crippen molar-refractivity contribution in [1.82, 2.24) is 34.0 Å². The summed E-state index contributed by atoms with van der Waals surface area (Å²) in [5.74, 6) is 5.66. The third kappa shape index (κ3) is 4.21. The number of nitrogens with two attached hydrogens (primary N) is 1. The summed E-state index contributed by atoms with van der Waals surface area (Å²) in [6.45, 7) is 1.79. The van der Waals surface area contributed by atoms with Crippen LogP contribution in [0, 0.1) is 11.8 Å². The van der Waals surface area contributed by atoms with E-state index in [1.807, 2.05) is 49.5 Å². The number of para-hydroxylation sites is 1. The van der Waals surface area contributed by atoms with Gasteiger partial charge >= 0.3 is 5.69 Å². The van der Waals surface area contributed by atoms with E-state index in [9.17, 15) is 9.59 Å². The lowest BCUT2D eigenvalue weighted by molar-refractivity contribution is 0.0934. The fourth-order valence-corrected chi connectivity index (χ4v) is 3.94. The Bertz CT molecular complexity index is 1700. The molecule has 5 rings (SSSR count). The van der Waals surface area contributed by atoms with Gasteiger partial charge in [0.25, 0.3) is 5.91 Å². The molecule has 0 saturated heterocycles. The minimum Gasteiger partial charge on any atom is -0.382 e. The predicted octanol–water partition coefficient (Wildman–Crippen LogP) is 2.09. The Morgan fingerprint density at radius 3 is 2.58 bits per heavy atom. The number of nitrogens with one attached hydrogen (secondary N) is 1. The summed E-state index contributed by atoms with van der Waals surface area (Å²) in [5, 5.41) is 7.01. The highest BCUT2D eigenvalue weighted by atomic mass is 16.2. The zero-order chi connectivity index (χ0) is 25.2. The third-order valence-electron chi connectivity index (χ3n) is 5.63. The monoisotopic (exact) mass is 478 g/mol. The van der Waals surface area contributed by atoms with Crippen LogP contribution in [0.1, 0.15) is 40.4 Å². The van der Waals surface area contributed by atoms with Crippen molar-refractivity contribution in [2.75, 3.05) is 5.73 Å².